The van der Waals surface area contributed by atoms with E-state index in [1.54, 1.807) is 0 Å². The first-order valence-corrected chi connectivity index (χ1v) is 6.95. The van der Waals surface area contributed by atoms with Gasteiger partial charge in [-0.3, -0.25) is 4.98 Å². The second-order valence-corrected chi connectivity index (χ2v) is 5.38. The number of rotatable bonds is 3. The van der Waals surface area contributed by atoms with Crippen molar-refractivity contribution in [1.82, 2.24) is 10.3 Å². The second kappa shape index (κ2) is 4.86. The maximum Gasteiger partial charge on any atom is 0.169 e. The van der Waals surface area contributed by atoms with Crippen molar-refractivity contribution in [3.8, 4) is 0 Å². The normalized spacial score (nSPS) is 19.8. The second-order valence-electron chi connectivity index (χ2n) is 4.60. The molecule has 0 fully saturated rings. The molecule has 4 heteroatoms. The molecule has 1 aliphatic rings. The van der Waals surface area contributed by atoms with Crippen LogP contribution in [-0.2, 0) is 6.42 Å². The highest BCUT2D eigenvalue weighted by Crippen LogP contribution is 2.40. The van der Waals surface area contributed by atoms with E-state index in [1.807, 2.05) is 31.4 Å². The highest BCUT2D eigenvalue weighted by Gasteiger charge is 2.32. The zero-order valence-corrected chi connectivity index (χ0v) is 11.8. The average molecular weight is 307 g/mol. The number of hydrogen-bond donors (Lipinski definition) is 1. The van der Waals surface area contributed by atoms with Gasteiger partial charge in [-0.15, -0.1) is 0 Å². The maximum atomic E-state index is 5.69. The van der Waals surface area contributed by atoms with E-state index < -0.39 is 0 Å². The molecule has 94 valence electrons. The first kappa shape index (κ1) is 11.9. The van der Waals surface area contributed by atoms with Crippen LogP contribution < -0.4 is 5.32 Å². The summed E-state index contributed by atoms with van der Waals surface area (Å²) in [5.74, 6) is 1.36. The summed E-state index contributed by atoms with van der Waals surface area (Å²) in [5.41, 5.74) is 2.58. The lowest BCUT2D eigenvalue weighted by Crippen LogP contribution is -2.22. The first-order chi connectivity index (χ1) is 8.79. The summed E-state index contributed by atoms with van der Waals surface area (Å²) in [5, 5.41) is 3.36. The standard InChI is InChI=1S/C14H15BrN2O/c1-16-14(11-6-7-12(15)18-11)10-5-4-9-3-2-8-17-13(9)10/h2-3,6-8,10,14,16H,4-5H2,1H3. The minimum atomic E-state index is 0.187. The molecule has 0 radical (unpaired) electrons. The molecule has 18 heavy (non-hydrogen) atoms. The van der Waals surface area contributed by atoms with Gasteiger partial charge in [0, 0.05) is 17.8 Å². The van der Waals surface area contributed by atoms with Gasteiger partial charge in [0.1, 0.15) is 5.76 Å². The molecule has 1 N–H and O–H groups in total. The van der Waals surface area contributed by atoms with E-state index in [0.29, 0.717) is 5.92 Å². The van der Waals surface area contributed by atoms with Gasteiger partial charge < -0.3 is 9.73 Å². The number of halogens is 1. The van der Waals surface area contributed by atoms with E-state index in [-0.39, 0.29) is 6.04 Å². The van der Waals surface area contributed by atoms with Gasteiger partial charge in [-0.1, -0.05) is 6.07 Å². The summed E-state index contributed by atoms with van der Waals surface area (Å²) in [6.45, 7) is 0. The van der Waals surface area contributed by atoms with Crippen molar-refractivity contribution in [3.05, 3.63) is 52.1 Å². The van der Waals surface area contributed by atoms with Gasteiger partial charge in [0.05, 0.1) is 6.04 Å². The topological polar surface area (TPSA) is 38.1 Å². The summed E-state index contributed by atoms with van der Waals surface area (Å²) in [4.78, 5) is 4.55. The van der Waals surface area contributed by atoms with Crippen molar-refractivity contribution < 1.29 is 4.42 Å². The Labute approximate surface area is 115 Å². The number of aromatic nitrogens is 1. The first-order valence-electron chi connectivity index (χ1n) is 6.16. The summed E-state index contributed by atoms with van der Waals surface area (Å²) < 4.78 is 6.47. The Morgan fingerprint density at radius 1 is 1.44 bits per heavy atom. The minimum absolute atomic E-state index is 0.187. The zero-order valence-electron chi connectivity index (χ0n) is 10.2. The van der Waals surface area contributed by atoms with E-state index in [1.165, 1.54) is 11.3 Å². The number of hydrogen-bond acceptors (Lipinski definition) is 3. The minimum Gasteiger partial charge on any atom is -0.453 e. The van der Waals surface area contributed by atoms with Crippen LogP contribution in [0.4, 0.5) is 0 Å². The van der Waals surface area contributed by atoms with Gasteiger partial charge in [-0.25, -0.2) is 0 Å². The molecule has 2 aromatic heterocycles. The Morgan fingerprint density at radius 3 is 3.06 bits per heavy atom. The maximum absolute atomic E-state index is 5.69. The monoisotopic (exact) mass is 306 g/mol. The van der Waals surface area contributed by atoms with Crippen LogP contribution in [0.1, 0.15) is 35.4 Å². The molecular formula is C14H15BrN2O. The Kier molecular flexibility index (Phi) is 3.22. The SMILES string of the molecule is CNC(c1ccc(Br)o1)C1CCc2cccnc21. The summed E-state index contributed by atoms with van der Waals surface area (Å²) in [6, 6.07) is 8.33. The third kappa shape index (κ3) is 1.99. The molecule has 3 nitrogen and oxygen atoms in total. The van der Waals surface area contributed by atoms with E-state index in [4.69, 9.17) is 4.42 Å². The number of fused-ring (bicyclic) bond motifs is 1. The van der Waals surface area contributed by atoms with Gasteiger partial charge in [-0.2, -0.15) is 0 Å². The fourth-order valence-corrected chi connectivity index (χ4v) is 3.12. The van der Waals surface area contributed by atoms with Gasteiger partial charge in [0.25, 0.3) is 0 Å². The van der Waals surface area contributed by atoms with Crippen LogP contribution in [0.25, 0.3) is 0 Å². The third-order valence-electron chi connectivity index (χ3n) is 3.62. The lowest BCUT2D eigenvalue weighted by molar-refractivity contribution is 0.370. The van der Waals surface area contributed by atoms with Gasteiger partial charge in [0.15, 0.2) is 4.67 Å². The lowest BCUT2D eigenvalue weighted by atomic mass is 9.95. The van der Waals surface area contributed by atoms with Crippen LogP contribution in [0.5, 0.6) is 0 Å². The molecule has 0 aliphatic heterocycles. The molecule has 3 rings (SSSR count). The fourth-order valence-electron chi connectivity index (χ4n) is 2.81. The largest absolute Gasteiger partial charge is 0.453 e. The van der Waals surface area contributed by atoms with Crippen molar-refractivity contribution >= 4 is 15.9 Å². The molecule has 0 saturated carbocycles. The predicted molar refractivity (Wildman–Crippen MR) is 73.5 cm³/mol. The molecule has 0 aromatic carbocycles. The Morgan fingerprint density at radius 2 is 2.33 bits per heavy atom. The van der Waals surface area contributed by atoms with Gasteiger partial charge in [0.2, 0.25) is 0 Å². The number of likely N-dealkylation sites (N-methyl/N-ethyl adjacent to an activating group) is 1. The van der Waals surface area contributed by atoms with E-state index in [2.05, 4.69) is 32.3 Å². The highest BCUT2D eigenvalue weighted by molar-refractivity contribution is 9.10. The number of nitrogens with zero attached hydrogens (tertiary/aromatic N) is 1. The lowest BCUT2D eigenvalue weighted by Gasteiger charge is -2.21. The molecule has 0 amide bonds. The Hall–Kier alpha value is -1.13. The van der Waals surface area contributed by atoms with E-state index in [0.717, 1.165) is 23.3 Å². The van der Waals surface area contributed by atoms with Crippen LogP contribution in [0, 0.1) is 0 Å². The molecule has 2 aromatic rings. The number of nitrogens with one attached hydrogen (secondary N) is 1. The number of pyridine rings is 1. The van der Waals surface area contributed by atoms with Crippen LogP contribution in [-0.4, -0.2) is 12.0 Å². The van der Waals surface area contributed by atoms with Gasteiger partial charge in [-0.05, 0) is 59.6 Å². The van der Waals surface area contributed by atoms with Crippen LogP contribution in [0.2, 0.25) is 0 Å². The molecule has 1 aliphatic carbocycles. The molecule has 0 saturated heterocycles. The molecule has 2 heterocycles. The Bertz CT molecular complexity index is 552. The van der Waals surface area contributed by atoms with E-state index >= 15 is 0 Å². The van der Waals surface area contributed by atoms with Crippen molar-refractivity contribution in [3.63, 3.8) is 0 Å². The van der Waals surface area contributed by atoms with E-state index in [9.17, 15) is 0 Å². The predicted octanol–water partition coefficient (Wildman–Crippen LogP) is 3.43. The number of furan rings is 1. The summed E-state index contributed by atoms with van der Waals surface area (Å²) in [7, 11) is 1.97. The quantitative estimate of drug-likeness (QED) is 0.944. The fraction of sp³-hybridized carbons (Fsp3) is 0.357. The molecule has 2 atom stereocenters. The molecule has 2 unspecified atom stereocenters. The molecule has 0 bridgehead atoms. The molecule has 0 spiro atoms. The third-order valence-corrected chi connectivity index (χ3v) is 4.04. The van der Waals surface area contributed by atoms with Crippen LogP contribution in [0.15, 0.2) is 39.5 Å². The van der Waals surface area contributed by atoms with Crippen molar-refractivity contribution in [2.75, 3.05) is 7.05 Å². The van der Waals surface area contributed by atoms with Crippen molar-refractivity contribution in [2.24, 2.45) is 0 Å². The van der Waals surface area contributed by atoms with Crippen LogP contribution >= 0.6 is 15.9 Å². The summed E-state index contributed by atoms with van der Waals surface area (Å²) in [6.07, 6.45) is 4.10. The van der Waals surface area contributed by atoms with Crippen molar-refractivity contribution in [1.29, 1.82) is 0 Å². The van der Waals surface area contributed by atoms with Gasteiger partial charge >= 0.3 is 0 Å². The smallest absolute Gasteiger partial charge is 0.169 e. The highest BCUT2D eigenvalue weighted by atomic mass is 79.9. The molecular weight excluding hydrogens is 292 g/mol. The van der Waals surface area contributed by atoms with Crippen molar-refractivity contribution in [2.45, 2.75) is 24.8 Å². The number of aryl methyl sites for hydroxylation is 1. The average Bonchev–Trinajstić information content (AvgIpc) is 2.98. The Balaban J connectivity index is 1.95. The summed E-state index contributed by atoms with van der Waals surface area (Å²) >= 11 is 3.36. The zero-order chi connectivity index (χ0) is 12.5. The van der Waals surface area contributed by atoms with Crippen LogP contribution in [0.3, 0.4) is 0 Å².